The van der Waals surface area contributed by atoms with Crippen molar-refractivity contribution in [1.29, 1.82) is 0 Å². The van der Waals surface area contributed by atoms with Crippen LogP contribution in [0.1, 0.15) is 12.8 Å². The molecule has 0 aromatic rings. The van der Waals surface area contributed by atoms with E-state index in [0.717, 1.165) is 0 Å². The topological polar surface area (TPSA) is 89.6 Å². The van der Waals surface area contributed by atoms with Crippen LogP contribution in [0, 0.1) is 5.92 Å². The van der Waals surface area contributed by atoms with Crippen molar-refractivity contribution in [1.82, 2.24) is 0 Å². The number of carboxylic acid groups (broad SMARTS) is 1. The molecule has 1 aliphatic carbocycles. The number of nitrogens with two attached hydrogens (primary N) is 1. The number of carboxylic acids is 1. The minimum absolute atomic E-state index is 0.194. The van der Waals surface area contributed by atoms with Crippen LogP contribution in [0.2, 0.25) is 0 Å². The maximum atomic E-state index is 11.3. The predicted octanol–water partition coefficient (Wildman–Crippen LogP) is -0.608. The second kappa shape index (κ2) is 3.85. The van der Waals surface area contributed by atoms with E-state index >= 15 is 0 Å². The van der Waals surface area contributed by atoms with Gasteiger partial charge in [-0.3, -0.25) is 9.59 Å². The summed E-state index contributed by atoms with van der Waals surface area (Å²) in [6, 6.07) is -0.695. The van der Waals surface area contributed by atoms with Crippen LogP contribution in [0.5, 0.6) is 0 Å². The molecule has 5 heteroatoms. The highest BCUT2D eigenvalue weighted by Crippen LogP contribution is 2.23. The Kier molecular flexibility index (Phi) is 3.00. The van der Waals surface area contributed by atoms with Crippen LogP contribution in [0.3, 0.4) is 0 Å². The molecular weight excluding hydrogens is 174 g/mol. The van der Waals surface area contributed by atoms with Crippen LogP contribution >= 0.6 is 0 Å². The molecule has 1 rings (SSSR count). The molecule has 3 N–H and O–H groups in total. The number of hydrogen-bond donors (Lipinski definition) is 2. The lowest BCUT2D eigenvalue weighted by atomic mass is 9.83. The Bertz CT molecular complexity index is 228. The van der Waals surface area contributed by atoms with E-state index in [1.54, 1.807) is 0 Å². The summed E-state index contributed by atoms with van der Waals surface area (Å²) in [7, 11) is 1.39. The van der Waals surface area contributed by atoms with Crippen molar-refractivity contribution in [3.8, 4) is 0 Å². The monoisotopic (exact) mass is 187 g/mol. The van der Waals surface area contributed by atoms with Gasteiger partial charge in [0.25, 0.3) is 0 Å². The van der Waals surface area contributed by atoms with Gasteiger partial charge in [-0.05, 0) is 12.8 Å². The second-order valence-electron chi connectivity index (χ2n) is 3.24. The van der Waals surface area contributed by atoms with Crippen molar-refractivity contribution in [2.24, 2.45) is 11.7 Å². The molecule has 0 bridgehead atoms. The summed E-state index contributed by atoms with van der Waals surface area (Å²) in [5, 5.41) is 8.73. The number of ketones is 1. The fourth-order valence-corrected chi connectivity index (χ4v) is 1.55. The summed E-state index contributed by atoms with van der Waals surface area (Å²) in [6.45, 7) is 0. The fraction of sp³-hybridized carbons (Fsp3) is 0.750. The summed E-state index contributed by atoms with van der Waals surface area (Å²) >= 11 is 0. The normalized spacial score (nSPS) is 34.6. The highest BCUT2D eigenvalue weighted by atomic mass is 16.5. The summed E-state index contributed by atoms with van der Waals surface area (Å²) in [5.41, 5.74) is 5.48. The van der Waals surface area contributed by atoms with Gasteiger partial charge in [-0.2, -0.15) is 0 Å². The first-order chi connectivity index (χ1) is 6.06. The molecule has 74 valence electrons. The van der Waals surface area contributed by atoms with Gasteiger partial charge < -0.3 is 15.6 Å². The molecule has 0 heterocycles. The SMILES string of the molecule is COC1CC(C(=O)O)CC(N)C1=O. The lowest BCUT2D eigenvalue weighted by Crippen LogP contribution is -2.47. The highest BCUT2D eigenvalue weighted by molar-refractivity contribution is 5.90. The van der Waals surface area contributed by atoms with Crippen molar-refractivity contribution in [2.75, 3.05) is 7.11 Å². The third-order valence-electron chi connectivity index (χ3n) is 2.35. The summed E-state index contributed by atoms with van der Waals surface area (Å²) in [5.74, 6) is -1.66. The van der Waals surface area contributed by atoms with Gasteiger partial charge in [-0.15, -0.1) is 0 Å². The van der Waals surface area contributed by atoms with E-state index in [1.807, 2.05) is 0 Å². The molecule has 0 aromatic heterocycles. The summed E-state index contributed by atoms with van der Waals surface area (Å²) in [6.07, 6.45) is -0.198. The zero-order valence-corrected chi connectivity index (χ0v) is 7.40. The Morgan fingerprint density at radius 2 is 2.23 bits per heavy atom. The van der Waals surface area contributed by atoms with Crippen molar-refractivity contribution < 1.29 is 19.4 Å². The molecule has 0 radical (unpaired) electrons. The van der Waals surface area contributed by atoms with E-state index in [1.165, 1.54) is 7.11 Å². The number of Topliss-reactive ketones (excluding diaryl/α,β-unsaturated/α-hetero) is 1. The van der Waals surface area contributed by atoms with Crippen LogP contribution in [0.4, 0.5) is 0 Å². The second-order valence-corrected chi connectivity index (χ2v) is 3.24. The Balaban J connectivity index is 2.68. The van der Waals surface area contributed by atoms with E-state index in [0.29, 0.717) is 0 Å². The van der Waals surface area contributed by atoms with Gasteiger partial charge in [-0.25, -0.2) is 0 Å². The number of ether oxygens (including phenoxy) is 1. The van der Waals surface area contributed by atoms with Crippen molar-refractivity contribution >= 4 is 11.8 Å². The van der Waals surface area contributed by atoms with Crippen LogP contribution < -0.4 is 5.73 Å². The number of aliphatic carboxylic acids is 1. The highest BCUT2D eigenvalue weighted by Gasteiger charge is 2.37. The average molecular weight is 187 g/mol. The minimum atomic E-state index is -0.912. The van der Waals surface area contributed by atoms with Crippen LogP contribution in [0.25, 0.3) is 0 Å². The molecule has 5 nitrogen and oxygen atoms in total. The van der Waals surface area contributed by atoms with E-state index in [4.69, 9.17) is 15.6 Å². The van der Waals surface area contributed by atoms with E-state index in [9.17, 15) is 9.59 Å². The van der Waals surface area contributed by atoms with Gasteiger partial charge in [0.05, 0.1) is 12.0 Å². The zero-order chi connectivity index (χ0) is 10.0. The van der Waals surface area contributed by atoms with E-state index < -0.39 is 24.0 Å². The summed E-state index contributed by atoms with van der Waals surface area (Å²) in [4.78, 5) is 21.9. The largest absolute Gasteiger partial charge is 0.481 e. The first kappa shape index (κ1) is 10.1. The minimum Gasteiger partial charge on any atom is -0.481 e. The maximum Gasteiger partial charge on any atom is 0.306 e. The van der Waals surface area contributed by atoms with E-state index in [2.05, 4.69) is 0 Å². The van der Waals surface area contributed by atoms with Crippen molar-refractivity contribution in [2.45, 2.75) is 25.0 Å². The van der Waals surface area contributed by atoms with Crippen molar-refractivity contribution in [3.05, 3.63) is 0 Å². The third-order valence-corrected chi connectivity index (χ3v) is 2.35. The van der Waals surface area contributed by atoms with Gasteiger partial charge >= 0.3 is 5.97 Å². The van der Waals surface area contributed by atoms with Crippen LogP contribution in [-0.2, 0) is 14.3 Å². The third kappa shape index (κ3) is 2.05. The molecular formula is C8H13NO4. The van der Waals surface area contributed by atoms with Crippen molar-refractivity contribution in [3.63, 3.8) is 0 Å². The Morgan fingerprint density at radius 1 is 1.62 bits per heavy atom. The Hall–Kier alpha value is -0.940. The molecule has 0 spiro atoms. The van der Waals surface area contributed by atoms with Gasteiger partial charge in [0.15, 0.2) is 5.78 Å². The fourth-order valence-electron chi connectivity index (χ4n) is 1.55. The lowest BCUT2D eigenvalue weighted by Gasteiger charge is -2.28. The molecule has 0 aromatic carbocycles. The molecule has 3 atom stereocenters. The van der Waals surface area contributed by atoms with Gasteiger partial charge in [0.2, 0.25) is 0 Å². The Morgan fingerprint density at radius 3 is 2.69 bits per heavy atom. The number of carbonyl (C=O) groups excluding carboxylic acids is 1. The van der Waals surface area contributed by atoms with E-state index in [-0.39, 0.29) is 18.6 Å². The first-order valence-corrected chi connectivity index (χ1v) is 4.11. The number of rotatable bonds is 2. The molecule has 0 saturated heterocycles. The number of hydrogen-bond acceptors (Lipinski definition) is 4. The molecule has 0 amide bonds. The zero-order valence-electron chi connectivity index (χ0n) is 7.40. The standard InChI is InChI=1S/C8H13NO4/c1-13-6-3-4(8(11)12)2-5(9)7(6)10/h4-6H,2-3,9H2,1H3,(H,11,12). The molecule has 1 aliphatic rings. The molecule has 3 unspecified atom stereocenters. The first-order valence-electron chi connectivity index (χ1n) is 4.11. The molecule has 13 heavy (non-hydrogen) atoms. The molecule has 0 aliphatic heterocycles. The summed E-state index contributed by atoms with van der Waals surface area (Å²) < 4.78 is 4.86. The van der Waals surface area contributed by atoms with Crippen LogP contribution in [0.15, 0.2) is 0 Å². The lowest BCUT2D eigenvalue weighted by molar-refractivity contribution is -0.148. The van der Waals surface area contributed by atoms with Gasteiger partial charge in [0.1, 0.15) is 6.10 Å². The number of carbonyl (C=O) groups is 2. The quantitative estimate of drug-likeness (QED) is 0.602. The van der Waals surface area contributed by atoms with Gasteiger partial charge in [0, 0.05) is 7.11 Å². The van der Waals surface area contributed by atoms with Gasteiger partial charge in [-0.1, -0.05) is 0 Å². The molecule has 1 saturated carbocycles. The predicted molar refractivity (Wildman–Crippen MR) is 44.1 cm³/mol. The van der Waals surface area contributed by atoms with Crippen LogP contribution in [-0.4, -0.2) is 36.1 Å². The molecule has 1 fully saturated rings. The maximum absolute atomic E-state index is 11.3. The average Bonchev–Trinajstić information content (AvgIpc) is 2.09. The number of methoxy groups -OCH3 is 1. The Labute approximate surface area is 75.9 Å². The smallest absolute Gasteiger partial charge is 0.306 e.